The van der Waals surface area contributed by atoms with E-state index in [4.69, 9.17) is 0 Å². The summed E-state index contributed by atoms with van der Waals surface area (Å²) in [5.74, 6) is -3.32. The molecule has 4 rings (SSSR count). The van der Waals surface area contributed by atoms with Crippen LogP contribution in [0.15, 0.2) is 24.3 Å². The van der Waals surface area contributed by atoms with Crippen molar-refractivity contribution in [2.75, 3.05) is 0 Å². The van der Waals surface area contributed by atoms with Gasteiger partial charge < -0.3 is 5.11 Å². The number of carboxylic acid groups (broad SMARTS) is 1. The molecule has 122 valence electrons. The lowest BCUT2D eigenvalue weighted by Gasteiger charge is -2.41. The van der Waals surface area contributed by atoms with E-state index in [0.29, 0.717) is 4.88 Å². The molecule has 0 spiro atoms. The second-order valence-electron chi connectivity index (χ2n) is 6.03. The summed E-state index contributed by atoms with van der Waals surface area (Å²) in [5.41, 5.74) is 4.78. The van der Waals surface area contributed by atoms with Crippen molar-refractivity contribution in [2.24, 2.45) is 23.7 Å². The van der Waals surface area contributed by atoms with E-state index in [1.165, 1.54) is 11.3 Å². The highest BCUT2D eigenvalue weighted by molar-refractivity contribution is 7.13. The molecule has 6 nitrogen and oxygen atoms in total. The van der Waals surface area contributed by atoms with Crippen LogP contribution in [0.5, 0.6) is 0 Å². The number of hydrogen-bond acceptors (Lipinski definition) is 4. The van der Waals surface area contributed by atoms with Crippen molar-refractivity contribution in [3.63, 3.8) is 0 Å². The maximum absolute atomic E-state index is 12.4. The maximum Gasteiger partial charge on any atom is 0.307 e. The number of aryl methyl sites for hydroxylation is 1. The van der Waals surface area contributed by atoms with E-state index < -0.39 is 23.7 Å². The highest BCUT2D eigenvalue weighted by Gasteiger charge is 2.48. The number of amides is 2. The predicted octanol–water partition coefficient (Wildman–Crippen LogP) is 1.73. The van der Waals surface area contributed by atoms with Crippen LogP contribution in [0, 0.1) is 30.6 Å². The molecule has 1 saturated carbocycles. The van der Waals surface area contributed by atoms with E-state index in [1.54, 1.807) is 6.07 Å². The summed E-state index contributed by atoms with van der Waals surface area (Å²) in [5, 5.41) is 9.44. The van der Waals surface area contributed by atoms with Crippen molar-refractivity contribution in [1.82, 2.24) is 10.9 Å². The summed E-state index contributed by atoms with van der Waals surface area (Å²) >= 11 is 1.33. The third-order valence-electron chi connectivity index (χ3n) is 4.60. The number of fused-ring (bicyclic) bond motifs is 2. The minimum Gasteiger partial charge on any atom is -0.481 e. The van der Waals surface area contributed by atoms with Gasteiger partial charge in [0.2, 0.25) is 5.91 Å². The fourth-order valence-electron chi connectivity index (χ4n) is 3.51. The van der Waals surface area contributed by atoms with E-state index >= 15 is 0 Å². The molecule has 1 heterocycles. The summed E-state index contributed by atoms with van der Waals surface area (Å²) in [6.07, 6.45) is 5.44. The Balaban J connectivity index is 1.66. The molecule has 3 aliphatic rings. The number of thiophene rings is 1. The van der Waals surface area contributed by atoms with Crippen LogP contribution in [0.25, 0.3) is 0 Å². The topological polar surface area (TPSA) is 95.5 Å². The molecule has 0 aromatic carbocycles. The van der Waals surface area contributed by atoms with E-state index in [0.717, 1.165) is 17.7 Å². The van der Waals surface area contributed by atoms with E-state index in [-0.39, 0.29) is 17.7 Å². The number of aliphatic carboxylic acids is 1. The molecule has 3 N–H and O–H groups in total. The van der Waals surface area contributed by atoms with Gasteiger partial charge in [0.05, 0.1) is 16.7 Å². The lowest BCUT2D eigenvalue weighted by molar-refractivity contribution is -0.153. The van der Waals surface area contributed by atoms with Crippen LogP contribution < -0.4 is 10.9 Å². The zero-order chi connectivity index (χ0) is 16.6. The van der Waals surface area contributed by atoms with Gasteiger partial charge in [-0.1, -0.05) is 12.2 Å². The highest BCUT2D eigenvalue weighted by Crippen LogP contribution is 2.44. The van der Waals surface area contributed by atoms with Gasteiger partial charge in [-0.2, -0.15) is 0 Å². The molecule has 2 amide bonds. The summed E-state index contributed by atoms with van der Waals surface area (Å²) in [4.78, 5) is 37.4. The number of rotatable bonds is 3. The van der Waals surface area contributed by atoms with E-state index in [2.05, 4.69) is 10.9 Å². The van der Waals surface area contributed by atoms with Gasteiger partial charge in [-0.3, -0.25) is 25.2 Å². The SMILES string of the molecule is Cc1ccc(C(=O)NNC(=O)[C@@H]2[C@@H](C(=O)O)[C@H]3C=C[C@@H]2CC3)s1. The van der Waals surface area contributed by atoms with Crippen molar-refractivity contribution in [3.05, 3.63) is 34.0 Å². The molecule has 0 aliphatic heterocycles. The van der Waals surface area contributed by atoms with Crippen molar-refractivity contribution in [1.29, 1.82) is 0 Å². The highest BCUT2D eigenvalue weighted by atomic mass is 32.1. The second-order valence-corrected chi connectivity index (χ2v) is 7.32. The normalized spacial score (nSPS) is 28.4. The molecule has 4 atom stereocenters. The van der Waals surface area contributed by atoms with Crippen molar-refractivity contribution < 1.29 is 19.5 Å². The molecular formula is C16H18N2O4S. The Bertz CT molecular complexity index is 681. The molecule has 0 saturated heterocycles. The van der Waals surface area contributed by atoms with Gasteiger partial charge in [-0.05, 0) is 43.7 Å². The first-order valence-electron chi connectivity index (χ1n) is 7.55. The van der Waals surface area contributed by atoms with Crippen molar-refractivity contribution in [3.8, 4) is 0 Å². The Kier molecular flexibility index (Phi) is 4.21. The number of carboxylic acids is 1. The average molecular weight is 334 g/mol. The molecule has 1 aromatic rings. The Morgan fingerprint density at radius 3 is 2.26 bits per heavy atom. The molecule has 7 heteroatoms. The number of hydrogen-bond donors (Lipinski definition) is 3. The lowest BCUT2D eigenvalue weighted by atomic mass is 9.62. The monoisotopic (exact) mass is 334 g/mol. The lowest BCUT2D eigenvalue weighted by Crippen LogP contribution is -2.52. The zero-order valence-corrected chi connectivity index (χ0v) is 13.4. The van der Waals surface area contributed by atoms with Crippen LogP contribution in [0.4, 0.5) is 0 Å². The van der Waals surface area contributed by atoms with Crippen LogP contribution in [-0.2, 0) is 9.59 Å². The maximum atomic E-state index is 12.4. The molecular weight excluding hydrogens is 316 g/mol. The van der Waals surface area contributed by atoms with Gasteiger partial charge in [0.25, 0.3) is 5.91 Å². The molecule has 3 aliphatic carbocycles. The third-order valence-corrected chi connectivity index (χ3v) is 5.60. The van der Waals surface area contributed by atoms with Crippen LogP contribution >= 0.6 is 11.3 Å². The minimum absolute atomic E-state index is 0.0815. The van der Waals surface area contributed by atoms with E-state index in [9.17, 15) is 19.5 Å². The quantitative estimate of drug-likeness (QED) is 0.579. The molecule has 0 radical (unpaired) electrons. The van der Waals surface area contributed by atoms with Gasteiger partial charge in [0, 0.05) is 4.88 Å². The smallest absolute Gasteiger partial charge is 0.307 e. The van der Waals surface area contributed by atoms with E-state index in [1.807, 2.05) is 25.1 Å². The number of hydrazine groups is 1. The fourth-order valence-corrected chi connectivity index (χ4v) is 4.27. The molecule has 0 unspecified atom stereocenters. The van der Waals surface area contributed by atoms with Gasteiger partial charge in [0.1, 0.15) is 0 Å². The largest absolute Gasteiger partial charge is 0.481 e. The van der Waals surface area contributed by atoms with Gasteiger partial charge in [0.15, 0.2) is 0 Å². The van der Waals surface area contributed by atoms with Gasteiger partial charge >= 0.3 is 5.97 Å². The standard InChI is InChI=1S/C16H18N2O4S/c1-8-2-7-11(23-8)14(19)17-18-15(20)12-9-3-5-10(6-4-9)13(12)16(21)22/h2-3,5,7,9-10,12-13H,4,6H2,1H3,(H,17,19)(H,18,20)(H,21,22)/t9-,10+,12+,13+/m1/s1. The fraction of sp³-hybridized carbons (Fsp3) is 0.438. The Labute approximate surface area is 137 Å². The minimum atomic E-state index is -0.954. The third kappa shape index (κ3) is 3.01. The van der Waals surface area contributed by atoms with Crippen LogP contribution in [-0.4, -0.2) is 22.9 Å². The van der Waals surface area contributed by atoms with Crippen LogP contribution in [0.2, 0.25) is 0 Å². The molecule has 1 fully saturated rings. The first kappa shape index (κ1) is 15.7. The molecule has 1 aromatic heterocycles. The summed E-state index contributed by atoms with van der Waals surface area (Å²) in [6.45, 7) is 1.89. The summed E-state index contributed by atoms with van der Waals surface area (Å²) in [6, 6.07) is 3.51. The van der Waals surface area contributed by atoms with Gasteiger partial charge in [-0.15, -0.1) is 11.3 Å². The first-order chi connectivity index (χ1) is 11.0. The Morgan fingerprint density at radius 2 is 1.74 bits per heavy atom. The second kappa shape index (κ2) is 6.16. The van der Waals surface area contributed by atoms with Crippen LogP contribution in [0.3, 0.4) is 0 Å². The average Bonchev–Trinajstić information content (AvgIpc) is 2.99. The Hall–Kier alpha value is -2.15. The number of nitrogens with one attached hydrogen (secondary N) is 2. The number of carbonyl (C=O) groups excluding carboxylic acids is 2. The number of carbonyl (C=O) groups is 3. The van der Waals surface area contributed by atoms with Crippen LogP contribution in [0.1, 0.15) is 27.4 Å². The van der Waals surface area contributed by atoms with Crippen molar-refractivity contribution in [2.45, 2.75) is 19.8 Å². The number of allylic oxidation sites excluding steroid dienone is 2. The Morgan fingerprint density at radius 1 is 1.09 bits per heavy atom. The zero-order valence-electron chi connectivity index (χ0n) is 12.6. The summed E-state index contributed by atoms with van der Waals surface area (Å²) < 4.78 is 0. The van der Waals surface area contributed by atoms with Crippen molar-refractivity contribution >= 4 is 29.1 Å². The summed E-state index contributed by atoms with van der Waals surface area (Å²) in [7, 11) is 0. The molecule has 2 bridgehead atoms. The van der Waals surface area contributed by atoms with Gasteiger partial charge in [-0.25, -0.2) is 0 Å². The predicted molar refractivity (Wildman–Crippen MR) is 84.6 cm³/mol. The molecule has 23 heavy (non-hydrogen) atoms. The first-order valence-corrected chi connectivity index (χ1v) is 8.37.